The number of carbonyl (C=O) groups is 1. The van der Waals surface area contributed by atoms with E-state index in [4.69, 9.17) is 4.74 Å². The normalized spacial score (nSPS) is 26.4. The predicted octanol–water partition coefficient (Wildman–Crippen LogP) is 1.72. The predicted molar refractivity (Wildman–Crippen MR) is 86.8 cm³/mol. The first-order valence-electron chi connectivity index (χ1n) is 8.16. The highest BCUT2D eigenvalue weighted by molar-refractivity contribution is 5.78. The number of benzene rings is 1. The molecule has 4 heteroatoms. The van der Waals surface area contributed by atoms with Crippen molar-refractivity contribution in [2.75, 3.05) is 46.4 Å². The van der Waals surface area contributed by atoms with Crippen LogP contribution in [0.3, 0.4) is 0 Å². The molecule has 2 heterocycles. The van der Waals surface area contributed by atoms with Gasteiger partial charge in [0.2, 0.25) is 5.91 Å². The maximum atomic E-state index is 12.7. The second-order valence-electron chi connectivity index (χ2n) is 7.02. The fourth-order valence-corrected chi connectivity index (χ4v) is 3.60. The number of rotatable bonds is 2. The lowest BCUT2D eigenvalue weighted by molar-refractivity contribution is -0.131. The highest BCUT2D eigenvalue weighted by Gasteiger charge is 2.40. The maximum Gasteiger partial charge on any atom is 0.227 e. The average Bonchev–Trinajstić information content (AvgIpc) is 2.72. The van der Waals surface area contributed by atoms with Crippen molar-refractivity contribution in [1.29, 1.82) is 0 Å². The molecule has 1 aromatic rings. The molecule has 2 aliphatic rings. The molecule has 1 aromatic carbocycles. The van der Waals surface area contributed by atoms with Crippen LogP contribution in [0.2, 0.25) is 0 Å². The molecule has 0 N–H and O–H groups in total. The van der Waals surface area contributed by atoms with Gasteiger partial charge in [0.15, 0.2) is 0 Å². The number of amides is 1. The van der Waals surface area contributed by atoms with Gasteiger partial charge in [0, 0.05) is 25.0 Å². The van der Waals surface area contributed by atoms with Crippen molar-refractivity contribution < 1.29 is 9.53 Å². The van der Waals surface area contributed by atoms with E-state index in [0.29, 0.717) is 13.0 Å². The topological polar surface area (TPSA) is 32.8 Å². The Morgan fingerprint density at radius 3 is 2.68 bits per heavy atom. The molecule has 2 saturated heterocycles. The smallest absolute Gasteiger partial charge is 0.227 e. The van der Waals surface area contributed by atoms with Crippen molar-refractivity contribution in [3.63, 3.8) is 0 Å². The molecule has 22 heavy (non-hydrogen) atoms. The Bertz CT molecular complexity index is 528. The maximum absolute atomic E-state index is 12.7. The van der Waals surface area contributed by atoms with E-state index in [0.717, 1.165) is 44.8 Å². The Balaban J connectivity index is 1.67. The molecular weight excluding hydrogens is 276 g/mol. The van der Waals surface area contributed by atoms with Gasteiger partial charge in [-0.2, -0.15) is 0 Å². The van der Waals surface area contributed by atoms with Crippen LogP contribution in [0.25, 0.3) is 0 Å². The van der Waals surface area contributed by atoms with Crippen LogP contribution in [-0.2, 0) is 16.0 Å². The summed E-state index contributed by atoms with van der Waals surface area (Å²) in [6, 6.07) is 8.25. The van der Waals surface area contributed by atoms with Gasteiger partial charge in [-0.1, -0.05) is 29.8 Å². The molecule has 1 unspecified atom stereocenters. The molecule has 4 nitrogen and oxygen atoms in total. The third-order valence-electron chi connectivity index (χ3n) is 4.90. The van der Waals surface area contributed by atoms with E-state index >= 15 is 0 Å². The van der Waals surface area contributed by atoms with Gasteiger partial charge in [-0.3, -0.25) is 4.79 Å². The second kappa shape index (κ2) is 6.39. The van der Waals surface area contributed by atoms with Crippen molar-refractivity contribution in [2.45, 2.75) is 19.8 Å². The summed E-state index contributed by atoms with van der Waals surface area (Å²) in [7, 11) is 2.15. The molecule has 0 bridgehead atoms. The summed E-state index contributed by atoms with van der Waals surface area (Å²) >= 11 is 0. The molecule has 0 aliphatic carbocycles. The number of ether oxygens (including phenoxy) is 1. The van der Waals surface area contributed by atoms with E-state index in [1.165, 1.54) is 5.56 Å². The van der Waals surface area contributed by atoms with Gasteiger partial charge in [0.05, 0.1) is 19.6 Å². The Labute approximate surface area is 133 Å². The lowest BCUT2D eigenvalue weighted by Crippen LogP contribution is -2.43. The fraction of sp³-hybridized carbons (Fsp3) is 0.611. The largest absolute Gasteiger partial charge is 0.379 e. The molecule has 2 fully saturated rings. The zero-order valence-corrected chi connectivity index (χ0v) is 13.7. The molecule has 1 atom stereocenters. The van der Waals surface area contributed by atoms with Crippen LogP contribution in [-0.4, -0.2) is 62.1 Å². The molecule has 1 spiro atoms. The summed E-state index contributed by atoms with van der Waals surface area (Å²) < 4.78 is 5.81. The van der Waals surface area contributed by atoms with Crippen molar-refractivity contribution in [3.8, 4) is 0 Å². The molecule has 120 valence electrons. The molecule has 2 aliphatic heterocycles. The third-order valence-corrected chi connectivity index (χ3v) is 4.90. The van der Waals surface area contributed by atoms with Crippen molar-refractivity contribution in [1.82, 2.24) is 9.80 Å². The van der Waals surface area contributed by atoms with Crippen LogP contribution in [0.15, 0.2) is 24.3 Å². The van der Waals surface area contributed by atoms with Crippen LogP contribution in [0, 0.1) is 12.3 Å². The lowest BCUT2D eigenvalue weighted by atomic mass is 9.87. The second-order valence-corrected chi connectivity index (χ2v) is 7.02. The van der Waals surface area contributed by atoms with Gasteiger partial charge in [0.25, 0.3) is 0 Å². The molecular formula is C18H26N2O2. The minimum Gasteiger partial charge on any atom is -0.379 e. The Morgan fingerprint density at radius 2 is 2.00 bits per heavy atom. The quantitative estimate of drug-likeness (QED) is 0.834. The first-order valence-corrected chi connectivity index (χ1v) is 8.16. The number of hydrogen-bond donors (Lipinski definition) is 0. The molecule has 3 rings (SSSR count). The standard InChI is InChI=1S/C18H26N2O2/c1-15-3-5-16(6-4-15)11-17(21)20-9-10-22-14-18(13-20)7-8-19(2)12-18/h3-6H,7-14H2,1-2H3. The Kier molecular flexibility index (Phi) is 4.50. The number of aryl methyl sites for hydroxylation is 1. The third kappa shape index (κ3) is 3.50. The SMILES string of the molecule is Cc1ccc(CC(=O)N2CCOCC3(CCN(C)C3)C2)cc1. The number of likely N-dealkylation sites (tertiary alicyclic amines) is 1. The molecule has 0 aromatic heterocycles. The van der Waals surface area contributed by atoms with E-state index < -0.39 is 0 Å². The molecule has 0 radical (unpaired) electrons. The van der Waals surface area contributed by atoms with Crippen LogP contribution in [0.1, 0.15) is 17.5 Å². The highest BCUT2D eigenvalue weighted by atomic mass is 16.5. The van der Waals surface area contributed by atoms with E-state index in [2.05, 4.69) is 43.1 Å². The van der Waals surface area contributed by atoms with Gasteiger partial charge in [-0.15, -0.1) is 0 Å². The number of carbonyl (C=O) groups excluding carboxylic acids is 1. The van der Waals surface area contributed by atoms with E-state index in [1.807, 2.05) is 4.90 Å². The van der Waals surface area contributed by atoms with Gasteiger partial charge >= 0.3 is 0 Å². The van der Waals surface area contributed by atoms with Crippen molar-refractivity contribution >= 4 is 5.91 Å². The zero-order valence-electron chi connectivity index (χ0n) is 13.7. The average molecular weight is 302 g/mol. The monoisotopic (exact) mass is 302 g/mol. The summed E-state index contributed by atoms with van der Waals surface area (Å²) in [5.41, 5.74) is 2.46. The van der Waals surface area contributed by atoms with E-state index in [-0.39, 0.29) is 11.3 Å². The molecule has 0 saturated carbocycles. The fourth-order valence-electron chi connectivity index (χ4n) is 3.60. The Hall–Kier alpha value is -1.39. The van der Waals surface area contributed by atoms with Gasteiger partial charge in [-0.05, 0) is 32.5 Å². The van der Waals surface area contributed by atoms with Gasteiger partial charge in [-0.25, -0.2) is 0 Å². The first kappa shape index (κ1) is 15.5. The number of hydrogen-bond acceptors (Lipinski definition) is 3. The summed E-state index contributed by atoms with van der Waals surface area (Å²) in [6.45, 7) is 7.19. The first-order chi connectivity index (χ1) is 10.6. The van der Waals surface area contributed by atoms with Crippen LogP contribution >= 0.6 is 0 Å². The van der Waals surface area contributed by atoms with E-state index in [9.17, 15) is 4.79 Å². The minimum atomic E-state index is 0.133. The van der Waals surface area contributed by atoms with Crippen LogP contribution in [0.5, 0.6) is 0 Å². The van der Waals surface area contributed by atoms with Gasteiger partial charge < -0.3 is 14.5 Å². The summed E-state index contributed by atoms with van der Waals surface area (Å²) in [4.78, 5) is 17.0. The van der Waals surface area contributed by atoms with Gasteiger partial charge in [0.1, 0.15) is 0 Å². The summed E-state index contributed by atoms with van der Waals surface area (Å²) in [5, 5.41) is 0. The van der Waals surface area contributed by atoms with Crippen LogP contribution in [0.4, 0.5) is 0 Å². The van der Waals surface area contributed by atoms with Crippen LogP contribution < -0.4 is 0 Å². The zero-order chi connectivity index (χ0) is 15.6. The summed E-state index contributed by atoms with van der Waals surface area (Å²) in [6.07, 6.45) is 1.62. The Morgan fingerprint density at radius 1 is 1.23 bits per heavy atom. The highest BCUT2D eigenvalue weighted by Crippen LogP contribution is 2.32. The van der Waals surface area contributed by atoms with Crippen molar-refractivity contribution in [2.24, 2.45) is 5.41 Å². The minimum absolute atomic E-state index is 0.133. The van der Waals surface area contributed by atoms with Crippen molar-refractivity contribution in [3.05, 3.63) is 35.4 Å². The number of nitrogens with zero attached hydrogens (tertiary/aromatic N) is 2. The van der Waals surface area contributed by atoms with E-state index in [1.54, 1.807) is 0 Å². The molecule has 1 amide bonds. The lowest BCUT2D eigenvalue weighted by Gasteiger charge is -2.31. The summed E-state index contributed by atoms with van der Waals surface area (Å²) in [5.74, 6) is 0.225.